The van der Waals surface area contributed by atoms with Gasteiger partial charge in [-0.05, 0) is 57.2 Å². The summed E-state index contributed by atoms with van der Waals surface area (Å²) in [6.45, 7) is 7.81. The Kier molecular flexibility index (Phi) is 4.79. The smallest absolute Gasteiger partial charge is 0.274 e. The van der Waals surface area contributed by atoms with E-state index in [1.807, 2.05) is 39.0 Å². The van der Waals surface area contributed by atoms with Gasteiger partial charge in [-0.3, -0.25) is 4.79 Å². The van der Waals surface area contributed by atoms with Crippen LogP contribution in [-0.4, -0.2) is 29.0 Å². The van der Waals surface area contributed by atoms with Crippen molar-refractivity contribution >= 4 is 17.5 Å². The molecular formula is C19H24N4O. The van der Waals surface area contributed by atoms with Crippen molar-refractivity contribution in [3.8, 4) is 0 Å². The molecule has 1 aliphatic heterocycles. The monoisotopic (exact) mass is 324 g/mol. The highest BCUT2D eigenvalue weighted by Crippen LogP contribution is 2.21. The molecule has 5 nitrogen and oxygen atoms in total. The standard InChI is InChI=1S/C19H24N4O/c1-13-8-7-9-14(2)17(13)22-18(24)16-12-15(3)20-19(21-16)23-10-5-4-6-11-23/h7-9,12H,4-6,10-11H2,1-3H3,(H,22,24). The maximum absolute atomic E-state index is 12.7. The predicted octanol–water partition coefficient (Wildman–Crippen LogP) is 3.64. The van der Waals surface area contributed by atoms with Crippen LogP contribution < -0.4 is 10.2 Å². The van der Waals surface area contributed by atoms with Crippen molar-refractivity contribution < 1.29 is 4.79 Å². The molecule has 0 spiro atoms. The van der Waals surface area contributed by atoms with Crippen molar-refractivity contribution in [1.29, 1.82) is 0 Å². The zero-order valence-corrected chi connectivity index (χ0v) is 14.6. The normalized spacial score (nSPS) is 14.5. The molecule has 1 amide bonds. The molecule has 2 aromatic rings. The second-order valence-electron chi connectivity index (χ2n) is 6.46. The van der Waals surface area contributed by atoms with Crippen LogP contribution in [0.2, 0.25) is 0 Å². The molecular weight excluding hydrogens is 300 g/mol. The molecule has 126 valence electrons. The third kappa shape index (κ3) is 3.55. The van der Waals surface area contributed by atoms with Crippen molar-refractivity contribution in [2.75, 3.05) is 23.3 Å². The molecule has 0 unspecified atom stereocenters. The molecule has 2 heterocycles. The highest BCUT2D eigenvalue weighted by Gasteiger charge is 2.18. The van der Waals surface area contributed by atoms with Gasteiger partial charge in [0.25, 0.3) is 5.91 Å². The van der Waals surface area contributed by atoms with Crippen LogP contribution in [0.5, 0.6) is 0 Å². The molecule has 0 atom stereocenters. The first-order valence-corrected chi connectivity index (χ1v) is 8.53. The number of piperidine rings is 1. The number of hydrogen-bond donors (Lipinski definition) is 1. The fourth-order valence-corrected chi connectivity index (χ4v) is 3.09. The number of aromatic nitrogens is 2. The first-order chi connectivity index (χ1) is 11.5. The highest BCUT2D eigenvalue weighted by atomic mass is 16.1. The topological polar surface area (TPSA) is 58.1 Å². The molecule has 1 aromatic heterocycles. The predicted molar refractivity (Wildman–Crippen MR) is 96.7 cm³/mol. The van der Waals surface area contributed by atoms with Gasteiger partial charge in [-0.2, -0.15) is 0 Å². The number of rotatable bonds is 3. The van der Waals surface area contributed by atoms with Crippen LogP contribution in [-0.2, 0) is 0 Å². The molecule has 24 heavy (non-hydrogen) atoms. The summed E-state index contributed by atoms with van der Waals surface area (Å²) in [4.78, 5) is 23.9. The number of carbonyl (C=O) groups excluding carboxylic acids is 1. The van der Waals surface area contributed by atoms with E-state index in [1.54, 1.807) is 6.07 Å². The summed E-state index contributed by atoms with van der Waals surface area (Å²) in [7, 11) is 0. The molecule has 0 aliphatic carbocycles. The Labute approximate surface area is 143 Å². The Morgan fingerprint density at radius 2 is 1.71 bits per heavy atom. The lowest BCUT2D eigenvalue weighted by Gasteiger charge is -2.27. The van der Waals surface area contributed by atoms with Crippen LogP contribution in [0.25, 0.3) is 0 Å². The molecule has 0 saturated carbocycles. The van der Waals surface area contributed by atoms with Crippen molar-refractivity contribution in [2.45, 2.75) is 40.0 Å². The summed E-state index contributed by atoms with van der Waals surface area (Å²) in [5.41, 5.74) is 4.19. The number of hydrogen-bond acceptors (Lipinski definition) is 4. The van der Waals surface area contributed by atoms with Gasteiger partial charge in [-0.15, -0.1) is 0 Å². The summed E-state index contributed by atoms with van der Waals surface area (Å²) in [6.07, 6.45) is 3.56. The van der Waals surface area contributed by atoms with Crippen LogP contribution in [0.3, 0.4) is 0 Å². The molecule has 3 rings (SSSR count). The van der Waals surface area contributed by atoms with Gasteiger partial charge in [0.2, 0.25) is 5.95 Å². The van der Waals surface area contributed by atoms with Gasteiger partial charge in [0.05, 0.1) is 0 Å². The highest BCUT2D eigenvalue weighted by molar-refractivity contribution is 6.03. The first-order valence-electron chi connectivity index (χ1n) is 8.53. The van der Waals surface area contributed by atoms with Crippen LogP contribution in [0.4, 0.5) is 11.6 Å². The first kappa shape index (κ1) is 16.4. The zero-order chi connectivity index (χ0) is 17.1. The maximum atomic E-state index is 12.7. The molecule has 1 saturated heterocycles. The van der Waals surface area contributed by atoms with E-state index < -0.39 is 0 Å². The average Bonchev–Trinajstić information content (AvgIpc) is 2.58. The number of benzene rings is 1. The van der Waals surface area contributed by atoms with Crippen LogP contribution in [0.15, 0.2) is 24.3 Å². The number of aryl methyl sites for hydroxylation is 3. The van der Waals surface area contributed by atoms with Crippen molar-refractivity contribution in [1.82, 2.24) is 9.97 Å². The number of carbonyl (C=O) groups is 1. The molecule has 1 N–H and O–H groups in total. The maximum Gasteiger partial charge on any atom is 0.274 e. The third-order valence-electron chi connectivity index (χ3n) is 4.43. The van der Waals surface area contributed by atoms with Gasteiger partial charge < -0.3 is 10.2 Å². The van der Waals surface area contributed by atoms with E-state index in [0.717, 1.165) is 48.4 Å². The summed E-state index contributed by atoms with van der Waals surface area (Å²) in [5.74, 6) is 0.484. The van der Waals surface area contributed by atoms with Crippen molar-refractivity contribution in [3.63, 3.8) is 0 Å². The number of nitrogens with zero attached hydrogens (tertiary/aromatic N) is 3. The number of anilines is 2. The van der Waals surface area contributed by atoms with E-state index in [9.17, 15) is 4.79 Å². The number of para-hydroxylation sites is 1. The van der Waals surface area contributed by atoms with Gasteiger partial charge in [0.15, 0.2) is 0 Å². The van der Waals surface area contributed by atoms with Gasteiger partial charge in [0, 0.05) is 24.5 Å². The molecule has 5 heteroatoms. The summed E-state index contributed by atoms with van der Waals surface area (Å²) in [6, 6.07) is 7.72. The van der Waals surface area contributed by atoms with E-state index in [2.05, 4.69) is 20.2 Å². The Morgan fingerprint density at radius 3 is 2.38 bits per heavy atom. The number of amides is 1. The van der Waals surface area contributed by atoms with Crippen molar-refractivity contribution in [2.24, 2.45) is 0 Å². The summed E-state index contributed by atoms with van der Waals surface area (Å²) in [5, 5.41) is 3.00. The lowest BCUT2D eigenvalue weighted by molar-refractivity contribution is 0.102. The van der Waals surface area contributed by atoms with Crippen LogP contribution in [0, 0.1) is 20.8 Å². The quantitative estimate of drug-likeness (QED) is 0.936. The minimum absolute atomic E-state index is 0.184. The van der Waals surface area contributed by atoms with Crippen LogP contribution >= 0.6 is 0 Å². The van der Waals surface area contributed by atoms with E-state index in [0.29, 0.717) is 11.6 Å². The Hall–Kier alpha value is -2.43. The molecule has 1 fully saturated rings. The lowest BCUT2D eigenvalue weighted by Crippen LogP contribution is -2.31. The fourth-order valence-electron chi connectivity index (χ4n) is 3.09. The van der Waals surface area contributed by atoms with Gasteiger partial charge in [-0.25, -0.2) is 9.97 Å². The van der Waals surface area contributed by atoms with E-state index in [4.69, 9.17) is 0 Å². The SMILES string of the molecule is Cc1cc(C(=O)Nc2c(C)cccc2C)nc(N2CCCCC2)n1. The minimum Gasteiger partial charge on any atom is -0.341 e. The lowest BCUT2D eigenvalue weighted by atomic mass is 10.1. The van der Waals surface area contributed by atoms with Gasteiger partial charge in [0.1, 0.15) is 5.69 Å². The molecule has 0 bridgehead atoms. The molecule has 1 aromatic carbocycles. The molecule has 0 radical (unpaired) electrons. The van der Waals surface area contributed by atoms with E-state index >= 15 is 0 Å². The third-order valence-corrected chi connectivity index (χ3v) is 4.43. The fraction of sp³-hybridized carbons (Fsp3) is 0.421. The second-order valence-corrected chi connectivity index (χ2v) is 6.46. The van der Waals surface area contributed by atoms with E-state index in [1.165, 1.54) is 6.42 Å². The van der Waals surface area contributed by atoms with Gasteiger partial charge >= 0.3 is 0 Å². The van der Waals surface area contributed by atoms with Crippen molar-refractivity contribution in [3.05, 3.63) is 46.8 Å². The second kappa shape index (κ2) is 6.99. The largest absolute Gasteiger partial charge is 0.341 e. The van der Waals surface area contributed by atoms with Crippen LogP contribution in [0.1, 0.15) is 46.6 Å². The minimum atomic E-state index is -0.184. The zero-order valence-electron chi connectivity index (χ0n) is 14.6. The Bertz CT molecular complexity index is 731. The van der Waals surface area contributed by atoms with Gasteiger partial charge in [-0.1, -0.05) is 18.2 Å². The Balaban J connectivity index is 1.85. The van der Waals surface area contributed by atoms with E-state index in [-0.39, 0.29) is 5.91 Å². The summed E-state index contributed by atoms with van der Waals surface area (Å²) >= 11 is 0. The average molecular weight is 324 g/mol. The summed E-state index contributed by atoms with van der Waals surface area (Å²) < 4.78 is 0. The number of nitrogens with one attached hydrogen (secondary N) is 1. The molecule has 1 aliphatic rings. The Morgan fingerprint density at radius 1 is 1.04 bits per heavy atom.